The number of carbonyl (C=O) groups excluding carboxylic acids is 2. The van der Waals surface area contributed by atoms with Crippen LogP contribution in [0.2, 0.25) is 10.0 Å². The molecule has 4 rings (SSSR count). The fourth-order valence-electron chi connectivity index (χ4n) is 3.06. The molecular weight excluding hydrogens is 379 g/mol. The van der Waals surface area contributed by atoms with Gasteiger partial charge in [0.05, 0.1) is 5.92 Å². The van der Waals surface area contributed by atoms with Gasteiger partial charge in [0.15, 0.2) is 11.5 Å². The van der Waals surface area contributed by atoms with Gasteiger partial charge in [0.25, 0.3) is 0 Å². The molecule has 2 aromatic rings. The lowest BCUT2D eigenvalue weighted by atomic mass is 10.1. The lowest BCUT2D eigenvalue weighted by Gasteiger charge is -2.17. The Balaban J connectivity index is 1.48. The fourth-order valence-corrected chi connectivity index (χ4v) is 3.58. The van der Waals surface area contributed by atoms with Gasteiger partial charge in [-0.05, 0) is 30.3 Å². The van der Waals surface area contributed by atoms with Crippen LogP contribution in [0.3, 0.4) is 0 Å². The second kappa shape index (κ2) is 6.70. The number of rotatable bonds is 3. The van der Waals surface area contributed by atoms with Crippen molar-refractivity contribution >= 4 is 46.4 Å². The number of nitrogens with one attached hydrogen (secondary N) is 1. The number of hydrogen-bond donors (Lipinski definition) is 1. The Hall–Kier alpha value is -2.44. The number of carbonyl (C=O) groups is 2. The first-order valence-corrected chi connectivity index (χ1v) is 8.72. The molecule has 8 heteroatoms. The highest BCUT2D eigenvalue weighted by molar-refractivity contribution is 6.35. The van der Waals surface area contributed by atoms with Crippen molar-refractivity contribution in [3.05, 3.63) is 46.4 Å². The van der Waals surface area contributed by atoms with Crippen LogP contribution in [0.4, 0.5) is 11.4 Å². The number of fused-ring (bicyclic) bond motifs is 1. The highest BCUT2D eigenvalue weighted by Gasteiger charge is 2.35. The summed E-state index contributed by atoms with van der Waals surface area (Å²) in [5.41, 5.74) is 1.18. The molecule has 2 amide bonds. The van der Waals surface area contributed by atoms with Crippen LogP contribution in [-0.2, 0) is 9.59 Å². The van der Waals surface area contributed by atoms with Gasteiger partial charge in [-0.3, -0.25) is 9.59 Å². The molecule has 26 heavy (non-hydrogen) atoms. The minimum atomic E-state index is -0.467. The smallest absolute Gasteiger partial charge is 0.231 e. The van der Waals surface area contributed by atoms with Crippen molar-refractivity contribution < 1.29 is 19.1 Å². The van der Waals surface area contributed by atoms with Gasteiger partial charge in [-0.2, -0.15) is 0 Å². The molecule has 6 nitrogen and oxygen atoms in total. The number of amides is 2. The normalized spacial score (nSPS) is 18.3. The summed E-state index contributed by atoms with van der Waals surface area (Å²) in [6.45, 7) is 0.457. The van der Waals surface area contributed by atoms with Crippen LogP contribution in [0.1, 0.15) is 6.42 Å². The van der Waals surface area contributed by atoms with E-state index in [2.05, 4.69) is 5.32 Å². The van der Waals surface area contributed by atoms with Gasteiger partial charge in [0.1, 0.15) is 0 Å². The predicted octanol–water partition coefficient (Wildman–Crippen LogP) is 3.71. The van der Waals surface area contributed by atoms with E-state index in [0.29, 0.717) is 39.5 Å². The molecule has 1 unspecified atom stereocenters. The van der Waals surface area contributed by atoms with Crippen molar-refractivity contribution in [1.82, 2.24) is 0 Å². The number of anilines is 2. The lowest BCUT2D eigenvalue weighted by Crippen LogP contribution is -2.28. The van der Waals surface area contributed by atoms with E-state index in [1.807, 2.05) is 0 Å². The highest BCUT2D eigenvalue weighted by atomic mass is 35.5. The Morgan fingerprint density at radius 3 is 2.58 bits per heavy atom. The molecule has 0 aliphatic carbocycles. The standard InChI is InChI=1S/C18H14Cl2N2O4/c19-11-4-12(20)6-13(5-11)21-18(24)10-3-17(23)22(8-10)14-1-2-15-16(7-14)26-9-25-15/h1-2,4-7,10H,3,8-9H2,(H,21,24). The third-order valence-electron chi connectivity index (χ3n) is 4.29. The van der Waals surface area contributed by atoms with Crippen LogP contribution in [-0.4, -0.2) is 25.2 Å². The first kappa shape index (κ1) is 17.0. The van der Waals surface area contributed by atoms with Gasteiger partial charge in [-0.15, -0.1) is 0 Å². The van der Waals surface area contributed by atoms with Crippen molar-refractivity contribution in [2.45, 2.75) is 6.42 Å². The van der Waals surface area contributed by atoms with Crippen molar-refractivity contribution in [2.24, 2.45) is 5.92 Å². The van der Waals surface area contributed by atoms with Crippen molar-refractivity contribution in [2.75, 3.05) is 23.6 Å². The zero-order valence-electron chi connectivity index (χ0n) is 13.5. The summed E-state index contributed by atoms with van der Waals surface area (Å²) in [7, 11) is 0. The summed E-state index contributed by atoms with van der Waals surface area (Å²) in [4.78, 5) is 26.5. The quantitative estimate of drug-likeness (QED) is 0.864. The Labute approximate surface area is 159 Å². The van der Waals surface area contributed by atoms with Gasteiger partial charge in [0.2, 0.25) is 18.6 Å². The monoisotopic (exact) mass is 392 g/mol. The summed E-state index contributed by atoms with van der Waals surface area (Å²) < 4.78 is 10.6. The van der Waals surface area contributed by atoms with Crippen LogP contribution in [0, 0.1) is 5.92 Å². The lowest BCUT2D eigenvalue weighted by molar-refractivity contribution is -0.122. The molecule has 0 aromatic heterocycles. The van der Waals surface area contributed by atoms with Crippen LogP contribution < -0.4 is 19.7 Å². The molecular formula is C18H14Cl2N2O4. The summed E-state index contributed by atoms with van der Waals surface area (Å²) in [5, 5.41) is 3.62. The summed E-state index contributed by atoms with van der Waals surface area (Å²) in [5.74, 6) is 0.406. The number of ether oxygens (including phenoxy) is 2. The molecule has 1 N–H and O–H groups in total. The molecule has 0 saturated carbocycles. The molecule has 1 saturated heterocycles. The number of halogens is 2. The summed E-state index contributed by atoms with van der Waals surface area (Å²) in [6, 6.07) is 10.1. The van der Waals surface area contributed by atoms with Gasteiger partial charge in [-0.25, -0.2) is 0 Å². The Morgan fingerprint density at radius 1 is 1.08 bits per heavy atom. The molecule has 2 aliphatic rings. The van der Waals surface area contributed by atoms with Gasteiger partial charge < -0.3 is 19.7 Å². The third-order valence-corrected chi connectivity index (χ3v) is 4.73. The van der Waals surface area contributed by atoms with E-state index in [1.165, 1.54) is 0 Å². The Morgan fingerprint density at radius 2 is 1.81 bits per heavy atom. The summed E-state index contributed by atoms with van der Waals surface area (Å²) in [6.07, 6.45) is 0.134. The minimum absolute atomic E-state index is 0.117. The summed E-state index contributed by atoms with van der Waals surface area (Å²) >= 11 is 11.9. The zero-order valence-corrected chi connectivity index (χ0v) is 15.0. The van der Waals surface area contributed by atoms with Crippen molar-refractivity contribution in [1.29, 1.82) is 0 Å². The SMILES string of the molecule is O=C(Nc1cc(Cl)cc(Cl)c1)C1CC(=O)N(c2ccc3c(c2)OCO3)C1. The maximum Gasteiger partial charge on any atom is 0.231 e. The average molecular weight is 393 g/mol. The maximum absolute atomic E-state index is 12.5. The van der Waals surface area contributed by atoms with Gasteiger partial charge >= 0.3 is 0 Å². The Bertz CT molecular complexity index is 883. The van der Waals surface area contributed by atoms with E-state index in [9.17, 15) is 9.59 Å². The highest BCUT2D eigenvalue weighted by Crippen LogP contribution is 2.37. The zero-order chi connectivity index (χ0) is 18.3. The van der Waals surface area contributed by atoms with Gasteiger partial charge in [-0.1, -0.05) is 23.2 Å². The molecule has 2 aliphatic heterocycles. The van der Waals surface area contributed by atoms with Crippen molar-refractivity contribution in [3.8, 4) is 11.5 Å². The van der Waals surface area contributed by atoms with Crippen LogP contribution in [0.25, 0.3) is 0 Å². The molecule has 1 atom stereocenters. The molecule has 134 valence electrons. The van der Waals surface area contributed by atoms with Gasteiger partial charge in [0, 0.05) is 40.5 Å². The first-order valence-electron chi connectivity index (χ1n) is 7.96. The molecule has 2 heterocycles. The number of benzene rings is 2. The largest absolute Gasteiger partial charge is 0.454 e. The molecule has 2 aromatic carbocycles. The number of hydrogen-bond acceptors (Lipinski definition) is 4. The number of nitrogens with zero attached hydrogens (tertiary/aromatic N) is 1. The van der Waals surface area contributed by atoms with Crippen LogP contribution >= 0.6 is 23.2 Å². The van der Waals surface area contributed by atoms with E-state index in [1.54, 1.807) is 41.3 Å². The second-order valence-electron chi connectivity index (χ2n) is 6.09. The second-order valence-corrected chi connectivity index (χ2v) is 6.96. The third kappa shape index (κ3) is 3.30. The average Bonchev–Trinajstić information content (AvgIpc) is 3.19. The minimum Gasteiger partial charge on any atom is -0.454 e. The van der Waals surface area contributed by atoms with E-state index >= 15 is 0 Å². The van der Waals surface area contributed by atoms with E-state index in [-0.39, 0.29) is 25.0 Å². The first-order chi connectivity index (χ1) is 12.5. The fraction of sp³-hybridized carbons (Fsp3) is 0.222. The molecule has 1 fully saturated rings. The maximum atomic E-state index is 12.5. The molecule has 0 radical (unpaired) electrons. The topological polar surface area (TPSA) is 67.9 Å². The van der Waals surface area contributed by atoms with E-state index in [4.69, 9.17) is 32.7 Å². The van der Waals surface area contributed by atoms with E-state index in [0.717, 1.165) is 0 Å². The van der Waals surface area contributed by atoms with Crippen molar-refractivity contribution in [3.63, 3.8) is 0 Å². The van der Waals surface area contributed by atoms with E-state index < -0.39 is 5.92 Å². The predicted molar refractivity (Wildman–Crippen MR) is 98.1 cm³/mol. The molecule has 0 bridgehead atoms. The Kier molecular flexibility index (Phi) is 4.38. The molecule has 0 spiro atoms. The van der Waals surface area contributed by atoms with Crippen LogP contribution in [0.5, 0.6) is 11.5 Å². The van der Waals surface area contributed by atoms with Crippen LogP contribution in [0.15, 0.2) is 36.4 Å².